The molecule has 1 atom stereocenters. The van der Waals surface area contributed by atoms with E-state index >= 15 is 0 Å². The Balaban J connectivity index is 4.16. The number of rotatable bonds is 6. The number of carboxylic acids is 1. The monoisotopic (exact) mass is 280 g/mol. The molecule has 0 aromatic carbocycles. The van der Waals surface area contributed by atoms with E-state index in [0.29, 0.717) is 0 Å². The molecule has 17 heavy (non-hydrogen) atoms. The Morgan fingerprint density at radius 2 is 1.94 bits per heavy atom. The summed E-state index contributed by atoms with van der Waals surface area (Å²) < 4.78 is 4.97. The van der Waals surface area contributed by atoms with E-state index in [4.69, 9.17) is 4.74 Å². The van der Waals surface area contributed by atoms with Crippen molar-refractivity contribution >= 4 is 33.7 Å². The fourth-order valence-electron chi connectivity index (χ4n) is 0.818. The zero-order chi connectivity index (χ0) is 13.5. The molecule has 0 aromatic rings. The Morgan fingerprint density at radius 1 is 1.35 bits per heavy atom. The summed E-state index contributed by atoms with van der Waals surface area (Å²) >= 11 is 0. The van der Waals surface area contributed by atoms with Crippen molar-refractivity contribution in [3.8, 4) is 0 Å². The van der Waals surface area contributed by atoms with Crippen LogP contribution in [-0.2, 0) is 9.53 Å². The Hall–Kier alpha value is -0.560. The highest BCUT2D eigenvalue weighted by Gasteiger charge is 2.20. The number of ether oxygens (including phenoxy) is 1. The standard InChI is InChI=1S/C10H19NO4S2/c1-5-16-17-6-7(8(12)13)11-9(14)15-10(2,3)4/h7H,5-6H2,1-4H3,(H,11,14)(H,12,13)/p-1/t7-/m1/s1. The molecule has 0 aromatic heterocycles. The van der Waals surface area contributed by atoms with Crippen molar-refractivity contribution in [2.24, 2.45) is 0 Å². The molecule has 5 nitrogen and oxygen atoms in total. The summed E-state index contributed by atoms with van der Waals surface area (Å²) in [6.07, 6.45) is -0.742. The van der Waals surface area contributed by atoms with Gasteiger partial charge in [0.25, 0.3) is 0 Å². The van der Waals surface area contributed by atoms with Gasteiger partial charge in [-0.15, -0.1) is 0 Å². The number of hydrogen-bond acceptors (Lipinski definition) is 6. The van der Waals surface area contributed by atoms with E-state index in [1.165, 1.54) is 21.6 Å². The molecule has 0 saturated heterocycles. The van der Waals surface area contributed by atoms with Crippen LogP contribution < -0.4 is 10.4 Å². The topological polar surface area (TPSA) is 78.5 Å². The van der Waals surface area contributed by atoms with Crippen LogP contribution in [0.1, 0.15) is 27.7 Å². The molecular formula is C10H18NO4S2-. The highest BCUT2D eigenvalue weighted by molar-refractivity contribution is 8.76. The van der Waals surface area contributed by atoms with Gasteiger partial charge < -0.3 is 20.0 Å². The number of carbonyl (C=O) groups is 2. The van der Waals surface area contributed by atoms with Gasteiger partial charge in [-0.25, -0.2) is 4.79 Å². The predicted octanol–water partition coefficient (Wildman–Crippen LogP) is 1.03. The Kier molecular flexibility index (Phi) is 7.45. The van der Waals surface area contributed by atoms with Gasteiger partial charge in [-0.2, -0.15) is 0 Å². The molecule has 0 aliphatic rings. The lowest BCUT2D eigenvalue weighted by Gasteiger charge is -2.23. The van der Waals surface area contributed by atoms with Crippen LogP contribution in [0.25, 0.3) is 0 Å². The largest absolute Gasteiger partial charge is 0.548 e. The van der Waals surface area contributed by atoms with E-state index in [2.05, 4.69) is 5.32 Å². The molecule has 0 radical (unpaired) electrons. The van der Waals surface area contributed by atoms with Crippen LogP contribution in [-0.4, -0.2) is 35.2 Å². The van der Waals surface area contributed by atoms with E-state index in [9.17, 15) is 14.7 Å². The minimum absolute atomic E-state index is 0.250. The smallest absolute Gasteiger partial charge is 0.408 e. The molecule has 0 fully saturated rings. The Morgan fingerprint density at radius 3 is 2.35 bits per heavy atom. The second-order valence-corrected chi connectivity index (χ2v) is 7.01. The molecular weight excluding hydrogens is 262 g/mol. The Labute approximate surface area is 109 Å². The molecule has 0 unspecified atom stereocenters. The molecule has 0 saturated carbocycles. The maximum absolute atomic E-state index is 11.4. The first-order valence-corrected chi connectivity index (χ1v) is 7.70. The highest BCUT2D eigenvalue weighted by atomic mass is 33.1. The first-order chi connectivity index (χ1) is 7.76. The van der Waals surface area contributed by atoms with Crippen LogP contribution in [0.15, 0.2) is 0 Å². The van der Waals surface area contributed by atoms with Gasteiger partial charge in [0.1, 0.15) is 5.60 Å². The minimum atomic E-state index is -1.31. The Bertz CT molecular complexity index is 266. The SMILES string of the molecule is CCSSC[C@@H](NC(=O)OC(C)(C)C)C(=O)[O-]. The number of carbonyl (C=O) groups excluding carboxylic acids is 2. The fraction of sp³-hybridized carbons (Fsp3) is 0.800. The van der Waals surface area contributed by atoms with Gasteiger partial charge >= 0.3 is 6.09 Å². The average Bonchev–Trinajstić information content (AvgIpc) is 2.13. The molecule has 100 valence electrons. The fourth-order valence-corrected chi connectivity index (χ4v) is 2.63. The van der Waals surface area contributed by atoms with Gasteiger partial charge in [-0.1, -0.05) is 28.5 Å². The number of aliphatic carboxylic acids is 1. The lowest BCUT2D eigenvalue weighted by atomic mass is 10.2. The first-order valence-electron chi connectivity index (χ1n) is 5.21. The number of amides is 1. The van der Waals surface area contributed by atoms with Crippen LogP contribution in [0.4, 0.5) is 4.79 Å². The summed E-state index contributed by atoms with van der Waals surface area (Å²) in [7, 11) is 2.90. The number of carboxylic acid groups (broad SMARTS) is 1. The molecule has 0 heterocycles. The van der Waals surface area contributed by atoms with Gasteiger partial charge in [-0.3, -0.25) is 0 Å². The summed E-state index contributed by atoms with van der Waals surface area (Å²) in [4.78, 5) is 22.2. The van der Waals surface area contributed by atoms with Crippen LogP contribution >= 0.6 is 21.6 Å². The van der Waals surface area contributed by atoms with E-state index in [-0.39, 0.29) is 5.75 Å². The summed E-state index contributed by atoms with van der Waals surface area (Å²) in [5.41, 5.74) is -0.647. The quantitative estimate of drug-likeness (QED) is 0.578. The van der Waals surface area contributed by atoms with Crippen molar-refractivity contribution in [3.05, 3.63) is 0 Å². The normalized spacial score (nSPS) is 12.9. The first kappa shape index (κ1) is 16.4. The third-order valence-electron chi connectivity index (χ3n) is 1.41. The number of alkyl carbamates (subject to hydrolysis) is 1. The van der Waals surface area contributed by atoms with E-state index in [0.717, 1.165) is 5.75 Å². The van der Waals surface area contributed by atoms with Crippen LogP contribution in [0.5, 0.6) is 0 Å². The molecule has 0 spiro atoms. The second kappa shape index (κ2) is 7.71. The molecule has 7 heteroatoms. The average molecular weight is 280 g/mol. The van der Waals surface area contributed by atoms with Crippen molar-refractivity contribution in [1.29, 1.82) is 0 Å². The molecule has 1 amide bonds. The van der Waals surface area contributed by atoms with E-state index in [1.54, 1.807) is 20.8 Å². The van der Waals surface area contributed by atoms with Gasteiger partial charge in [0.2, 0.25) is 0 Å². The van der Waals surface area contributed by atoms with Crippen molar-refractivity contribution in [1.82, 2.24) is 5.32 Å². The van der Waals surface area contributed by atoms with Crippen LogP contribution in [0.2, 0.25) is 0 Å². The third kappa shape index (κ3) is 9.17. The third-order valence-corrected chi connectivity index (χ3v) is 3.90. The molecule has 0 aliphatic carbocycles. The molecule has 0 bridgehead atoms. The summed E-state index contributed by atoms with van der Waals surface area (Å²) in [5.74, 6) is -0.184. The van der Waals surface area contributed by atoms with Gasteiger partial charge in [0, 0.05) is 11.5 Å². The zero-order valence-corrected chi connectivity index (χ0v) is 12.1. The van der Waals surface area contributed by atoms with Crippen molar-refractivity contribution in [2.45, 2.75) is 39.3 Å². The van der Waals surface area contributed by atoms with Crippen molar-refractivity contribution in [2.75, 3.05) is 11.5 Å². The molecule has 0 rings (SSSR count). The van der Waals surface area contributed by atoms with E-state index in [1.807, 2.05) is 6.92 Å². The number of nitrogens with one attached hydrogen (secondary N) is 1. The van der Waals surface area contributed by atoms with Gasteiger partial charge in [0.05, 0.1) is 12.0 Å². The van der Waals surface area contributed by atoms with Gasteiger partial charge in [0.15, 0.2) is 0 Å². The minimum Gasteiger partial charge on any atom is -0.548 e. The predicted molar refractivity (Wildman–Crippen MR) is 68.8 cm³/mol. The summed E-state index contributed by atoms with van der Waals surface area (Å²) in [5, 5.41) is 13.1. The van der Waals surface area contributed by atoms with Crippen molar-refractivity contribution < 1.29 is 19.4 Å². The number of hydrogen-bond donors (Lipinski definition) is 1. The molecule has 0 aliphatic heterocycles. The summed E-state index contributed by atoms with van der Waals surface area (Å²) in [6, 6.07) is -1.03. The molecule has 1 N–H and O–H groups in total. The van der Waals surface area contributed by atoms with Crippen molar-refractivity contribution in [3.63, 3.8) is 0 Å². The van der Waals surface area contributed by atoms with Crippen LogP contribution in [0, 0.1) is 0 Å². The second-order valence-electron chi connectivity index (χ2n) is 4.21. The lowest BCUT2D eigenvalue weighted by molar-refractivity contribution is -0.307. The summed E-state index contributed by atoms with van der Waals surface area (Å²) in [6.45, 7) is 7.10. The lowest BCUT2D eigenvalue weighted by Crippen LogP contribution is -2.50. The zero-order valence-electron chi connectivity index (χ0n) is 10.4. The van der Waals surface area contributed by atoms with Gasteiger partial charge in [-0.05, 0) is 20.8 Å². The maximum atomic E-state index is 11.4. The maximum Gasteiger partial charge on any atom is 0.408 e. The van der Waals surface area contributed by atoms with Crippen LogP contribution in [0.3, 0.4) is 0 Å². The van der Waals surface area contributed by atoms with E-state index < -0.39 is 23.7 Å². The highest BCUT2D eigenvalue weighted by Crippen LogP contribution is 2.21.